The summed E-state index contributed by atoms with van der Waals surface area (Å²) in [7, 11) is 0. The van der Waals surface area contributed by atoms with E-state index in [1.165, 1.54) is 0 Å². The Hall–Kier alpha value is -1.75. The number of carbonyl (C=O) groups excluding carboxylic acids is 2. The number of rotatable bonds is 2. The van der Waals surface area contributed by atoms with Crippen molar-refractivity contribution < 1.29 is 19.1 Å². The number of alkyl halides is 1. The average Bonchev–Trinajstić information content (AvgIpc) is 2.53. The zero-order chi connectivity index (χ0) is 15.6. The molecule has 0 aromatic heterocycles. The lowest BCUT2D eigenvalue weighted by molar-refractivity contribution is -0.00853. The van der Waals surface area contributed by atoms with E-state index in [0.717, 1.165) is 0 Å². The van der Waals surface area contributed by atoms with Crippen molar-refractivity contribution >= 4 is 23.5 Å². The highest BCUT2D eigenvalue weighted by molar-refractivity contribution is 6.18. The van der Waals surface area contributed by atoms with Gasteiger partial charge in [0.2, 0.25) is 0 Å². The van der Waals surface area contributed by atoms with Gasteiger partial charge >= 0.3 is 6.09 Å². The topological polar surface area (TPSA) is 55.8 Å². The second-order valence-corrected chi connectivity index (χ2v) is 6.05. The van der Waals surface area contributed by atoms with Crippen molar-refractivity contribution in [1.29, 1.82) is 0 Å². The van der Waals surface area contributed by atoms with Crippen LogP contribution in [0, 0.1) is 0 Å². The van der Waals surface area contributed by atoms with Crippen LogP contribution in [0.5, 0.6) is 5.75 Å². The largest absolute Gasteiger partial charge is 0.486 e. The van der Waals surface area contributed by atoms with Gasteiger partial charge in [0.15, 0.2) is 5.78 Å². The van der Waals surface area contributed by atoms with Gasteiger partial charge in [-0.3, -0.25) is 4.79 Å². The number of hydrogen-bond acceptors (Lipinski definition) is 4. The number of piperidine rings is 1. The highest BCUT2D eigenvalue weighted by Crippen LogP contribution is 2.39. The van der Waals surface area contributed by atoms with Crippen LogP contribution in [0.4, 0.5) is 4.79 Å². The summed E-state index contributed by atoms with van der Waals surface area (Å²) >= 11 is 5.51. The number of ketones is 1. The number of benzene rings is 1. The maximum atomic E-state index is 12.3. The molecule has 22 heavy (non-hydrogen) atoms. The van der Waals surface area contributed by atoms with E-state index in [0.29, 0.717) is 43.7 Å². The van der Waals surface area contributed by atoms with Crippen molar-refractivity contribution in [2.45, 2.75) is 24.9 Å². The van der Waals surface area contributed by atoms with Crippen molar-refractivity contribution in [1.82, 2.24) is 4.90 Å². The molecule has 5 nitrogen and oxygen atoms in total. The molecule has 1 saturated heterocycles. The molecule has 118 valence electrons. The first-order chi connectivity index (χ1) is 10.6. The molecule has 1 aromatic carbocycles. The molecule has 0 bridgehead atoms. The molecule has 2 heterocycles. The Labute approximate surface area is 134 Å². The summed E-state index contributed by atoms with van der Waals surface area (Å²) in [5.74, 6) is 1.05. The van der Waals surface area contributed by atoms with Gasteiger partial charge < -0.3 is 14.4 Å². The normalized spacial score (nSPS) is 19.5. The third kappa shape index (κ3) is 2.90. The summed E-state index contributed by atoms with van der Waals surface area (Å²) < 4.78 is 11.2. The van der Waals surface area contributed by atoms with Gasteiger partial charge in [-0.1, -0.05) is 12.1 Å². The average molecular weight is 324 g/mol. The zero-order valence-corrected chi connectivity index (χ0v) is 13.0. The Morgan fingerprint density at radius 3 is 2.77 bits per heavy atom. The molecule has 0 unspecified atom stereocenters. The van der Waals surface area contributed by atoms with Crippen molar-refractivity contribution in [2.24, 2.45) is 0 Å². The van der Waals surface area contributed by atoms with Gasteiger partial charge in [0.1, 0.15) is 18.0 Å². The Balaban J connectivity index is 1.66. The lowest BCUT2D eigenvalue weighted by Gasteiger charge is -2.43. The Morgan fingerprint density at radius 2 is 2.05 bits per heavy atom. The molecule has 1 amide bonds. The molecule has 0 atom stereocenters. The van der Waals surface area contributed by atoms with Crippen molar-refractivity contribution in [3.8, 4) is 5.75 Å². The Kier molecular flexibility index (Phi) is 4.25. The minimum Gasteiger partial charge on any atom is -0.486 e. The summed E-state index contributed by atoms with van der Waals surface area (Å²) in [4.78, 5) is 25.8. The van der Waals surface area contributed by atoms with E-state index in [1.807, 2.05) is 18.2 Å². The van der Waals surface area contributed by atoms with Crippen LogP contribution in [-0.4, -0.2) is 48.0 Å². The van der Waals surface area contributed by atoms with E-state index in [4.69, 9.17) is 21.1 Å². The van der Waals surface area contributed by atoms with Crippen LogP contribution in [-0.2, 0) is 4.74 Å². The van der Waals surface area contributed by atoms with Crippen LogP contribution >= 0.6 is 11.6 Å². The van der Waals surface area contributed by atoms with Gasteiger partial charge in [0, 0.05) is 25.9 Å². The van der Waals surface area contributed by atoms with Crippen LogP contribution in [0.3, 0.4) is 0 Å². The van der Waals surface area contributed by atoms with Crippen molar-refractivity contribution in [2.75, 3.05) is 25.6 Å². The van der Waals surface area contributed by atoms with Gasteiger partial charge in [-0.2, -0.15) is 0 Å². The van der Waals surface area contributed by atoms with Gasteiger partial charge in [-0.25, -0.2) is 4.79 Å². The SMILES string of the molecule is O=C1CC2(CCN(C(=O)OCCCl)CC2)Oc2ccccc21. The van der Waals surface area contributed by atoms with Crippen LogP contribution in [0.1, 0.15) is 29.6 Å². The minimum atomic E-state index is -0.491. The Bertz CT molecular complexity index is 581. The summed E-state index contributed by atoms with van der Waals surface area (Å²) in [5, 5.41) is 0. The number of nitrogens with zero attached hydrogens (tertiary/aromatic N) is 1. The number of halogens is 1. The number of carbonyl (C=O) groups is 2. The number of hydrogen-bond donors (Lipinski definition) is 0. The summed E-state index contributed by atoms with van der Waals surface area (Å²) in [6.45, 7) is 1.26. The van der Waals surface area contributed by atoms with Crippen LogP contribution < -0.4 is 4.74 Å². The molecule has 0 N–H and O–H groups in total. The number of ether oxygens (including phenoxy) is 2. The predicted octanol–water partition coefficient (Wildman–Crippen LogP) is 2.86. The van der Waals surface area contributed by atoms with Gasteiger partial charge in [0.25, 0.3) is 0 Å². The number of fused-ring (bicyclic) bond motifs is 1. The van der Waals surface area contributed by atoms with Crippen molar-refractivity contribution in [3.63, 3.8) is 0 Å². The smallest absolute Gasteiger partial charge is 0.409 e. The van der Waals surface area contributed by atoms with E-state index in [9.17, 15) is 9.59 Å². The second-order valence-electron chi connectivity index (χ2n) is 5.67. The molecule has 1 aromatic rings. The fourth-order valence-electron chi connectivity index (χ4n) is 3.04. The molecule has 3 rings (SSSR count). The molecule has 0 saturated carbocycles. The van der Waals surface area contributed by atoms with Gasteiger partial charge in [-0.05, 0) is 12.1 Å². The third-order valence-corrected chi connectivity index (χ3v) is 4.39. The maximum absolute atomic E-state index is 12.3. The minimum absolute atomic E-state index is 0.111. The fourth-order valence-corrected chi connectivity index (χ4v) is 3.11. The summed E-state index contributed by atoms with van der Waals surface area (Å²) in [6, 6.07) is 7.33. The van der Waals surface area contributed by atoms with Crippen LogP contribution in [0.15, 0.2) is 24.3 Å². The first kappa shape index (κ1) is 15.2. The van der Waals surface area contributed by atoms with E-state index < -0.39 is 5.60 Å². The maximum Gasteiger partial charge on any atom is 0.409 e. The molecule has 0 radical (unpaired) electrons. The zero-order valence-electron chi connectivity index (χ0n) is 12.2. The van der Waals surface area contributed by atoms with Crippen LogP contribution in [0.2, 0.25) is 0 Å². The van der Waals surface area contributed by atoms with Gasteiger partial charge in [-0.15, -0.1) is 11.6 Å². The predicted molar refractivity (Wildman–Crippen MR) is 81.6 cm³/mol. The van der Waals surface area contributed by atoms with E-state index in [-0.39, 0.29) is 24.4 Å². The molecular formula is C16H18ClNO4. The molecule has 1 spiro atoms. The molecule has 2 aliphatic heterocycles. The number of para-hydroxylation sites is 1. The lowest BCUT2D eigenvalue weighted by Crippen LogP contribution is -2.52. The first-order valence-electron chi connectivity index (χ1n) is 7.42. The monoisotopic (exact) mass is 323 g/mol. The molecule has 1 fully saturated rings. The van der Waals surface area contributed by atoms with Crippen LogP contribution in [0.25, 0.3) is 0 Å². The van der Waals surface area contributed by atoms with E-state index >= 15 is 0 Å². The van der Waals surface area contributed by atoms with Crippen molar-refractivity contribution in [3.05, 3.63) is 29.8 Å². The standard InChI is InChI=1S/C16H18ClNO4/c17-7-10-21-15(20)18-8-5-16(6-9-18)11-13(19)12-3-1-2-4-14(12)22-16/h1-4H,5-11H2. The first-order valence-corrected chi connectivity index (χ1v) is 7.96. The second kappa shape index (κ2) is 6.16. The number of amides is 1. The number of Topliss-reactive ketones (excluding diaryl/α,β-unsaturated/α-hetero) is 1. The van der Waals surface area contributed by atoms with E-state index in [2.05, 4.69) is 0 Å². The lowest BCUT2D eigenvalue weighted by atomic mass is 9.82. The summed E-state index contributed by atoms with van der Waals surface area (Å²) in [5.41, 5.74) is 0.159. The molecule has 6 heteroatoms. The molecule has 0 aliphatic carbocycles. The van der Waals surface area contributed by atoms with Gasteiger partial charge in [0.05, 0.1) is 17.9 Å². The highest BCUT2D eigenvalue weighted by atomic mass is 35.5. The quantitative estimate of drug-likeness (QED) is 0.785. The Morgan fingerprint density at radius 1 is 1.32 bits per heavy atom. The number of likely N-dealkylation sites (tertiary alicyclic amines) is 1. The fraction of sp³-hybridized carbons (Fsp3) is 0.500. The highest BCUT2D eigenvalue weighted by Gasteiger charge is 2.43. The third-order valence-electron chi connectivity index (χ3n) is 4.23. The van der Waals surface area contributed by atoms with E-state index in [1.54, 1.807) is 11.0 Å². The molecular weight excluding hydrogens is 306 g/mol. The summed E-state index contributed by atoms with van der Waals surface area (Å²) in [6.07, 6.45) is 1.28. The molecule has 2 aliphatic rings.